The van der Waals surface area contributed by atoms with Gasteiger partial charge in [0.1, 0.15) is 5.69 Å². The molecule has 3 aromatic heterocycles. The van der Waals surface area contributed by atoms with Gasteiger partial charge in [-0.2, -0.15) is 0 Å². The zero-order valence-electron chi connectivity index (χ0n) is 16.6. The van der Waals surface area contributed by atoms with Gasteiger partial charge in [0.2, 0.25) is 5.95 Å². The molecule has 0 aliphatic rings. The molecule has 0 aliphatic carbocycles. The molecule has 0 unspecified atom stereocenters. The SMILES string of the molecule is Cn1cc(-c2cnc(Nc3ccccc3)nc2)cc1C(=O)NCCc1ccccn1. The maximum atomic E-state index is 12.6. The second kappa shape index (κ2) is 9.00. The van der Waals surface area contributed by atoms with Crippen LogP contribution in [0.2, 0.25) is 0 Å². The Bertz CT molecular complexity index is 1110. The number of hydrogen-bond donors (Lipinski definition) is 2. The van der Waals surface area contributed by atoms with Crippen LogP contribution in [0.3, 0.4) is 0 Å². The molecule has 4 rings (SSSR count). The minimum absolute atomic E-state index is 0.122. The van der Waals surface area contributed by atoms with Crippen molar-refractivity contribution in [2.75, 3.05) is 11.9 Å². The van der Waals surface area contributed by atoms with E-state index in [1.54, 1.807) is 18.6 Å². The van der Waals surface area contributed by atoms with E-state index >= 15 is 0 Å². The first kappa shape index (κ1) is 19.3. The summed E-state index contributed by atoms with van der Waals surface area (Å²) in [5.74, 6) is 0.399. The highest BCUT2D eigenvalue weighted by atomic mass is 16.1. The number of nitrogens with zero attached hydrogens (tertiary/aromatic N) is 4. The van der Waals surface area contributed by atoms with Crippen molar-refractivity contribution >= 4 is 17.5 Å². The molecule has 30 heavy (non-hydrogen) atoms. The van der Waals surface area contributed by atoms with Gasteiger partial charge in [0.15, 0.2) is 0 Å². The van der Waals surface area contributed by atoms with Gasteiger partial charge in [-0.05, 0) is 30.3 Å². The Labute approximate surface area is 174 Å². The Morgan fingerprint density at radius 1 is 0.967 bits per heavy atom. The summed E-state index contributed by atoms with van der Waals surface area (Å²) in [5, 5.41) is 6.11. The summed E-state index contributed by atoms with van der Waals surface area (Å²) in [5.41, 5.74) is 4.19. The van der Waals surface area contributed by atoms with Crippen LogP contribution in [0.4, 0.5) is 11.6 Å². The number of aryl methyl sites for hydroxylation is 1. The van der Waals surface area contributed by atoms with Gasteiger partial charge in [-0.25, -0.2) is 9.97 Å². The molecule has 0 fully saturated rings. The summed E-state index contributed by atoms with van der Waals surface area (Å²) < 4.78 is 1.81. The minimum atomic E-state index is -0.122. The lowest BCUT2D eigenvalue weighted by atomic mass is 10.2. The van der Waals surface area contributed by atoms with Crippen LogP contribution in [0.25, 0.3) is 11.1 Å². The number of amides is 1. The topological polar surface area (TPSA) is 84.7 Å². The van der Waals surface area contributed by atoms with Gasteiger partial charge in [0, 0.05) is 67.3 Å². The van der Waals surface area contributed by atoms with E-state index in [1.807, 2.05) is 72.4 Å². The molecule has 4 aromatic rings. The lowest BCUT2D eigenvalue weighted by Crippen LogP contribution is -2.27. The number of hydrogen-bond acceptors (Lipinski definition) is 5. The van der Waals surface area contributed by atoms with E-state index in [2.05, 4.69) is 25.6 Å². The Kier molecular flexibility index (Phi) is 5.80. The molecular weight excluding hydrogens is 376 g/mol. The van der Waals surface area contributed by atoms with Crippen LogP contribution >= 0.6 is 0 Å². The van der Waals surface area contributed by atoms with Gasteiger partial charge in [-0.3, -0.25) is 9.78 Å². The first-order chi connectivity index (χ1) is 14.7. The number of carbonyl (C=O) groups excluding carboxylic acids is 1. The fourth-order valence-corrected chi connectivity index (χ4v) is 3.08. The van der Waals surface area contributed by atoms with Crippen molar-refractivity contribution < 1.29 is 4.79 Å². The average molecular weight is 398 g/mol. The smallest absolute Gasteiger partial charge is 0.267 e. The number of carbonyl (C=O) groups is 1. The van der Waals surface area contributed by atoms with E-state index in [0.717, 1.165) is 22.5 Å². The maximum absolute atomic E-state index is 12.6. The lowest BCUT2D eigenvalue weighted by molar-refractivity contribution is 0.0946. The third-order valence-electron chi connectivity index (χ3n) is 4.65. The third-order valence-corrected chi connectivity index (χ3v) is 4.65. The molecule has 7 heteroatoms. The first-order valence-electron chi connectivity index (χ1n) is 9.68. The standard InChI is InChI=1S/C23H22N6O/c1-29-16-17(13-21(29)22(30)25-12-10-19-7-5-6-11-24-19)18-14-26-23(27-15-18)28-20-8-3-2-4-9-20/h2-9,11,13-16H,10,12H2,1H3,(H,25,30)(H,26,27,28). The van der Waals surface area contributed by atoms with Gasteiger partial charge in [-0.1, -0.05) is 24.3 Å². The molecule has 0 saturated heterocycles. The van der Waals surface area contributed by atoms with E-state index < -0.39 is 0 Å². The first-order valence-corrected chi connectivity index (χ1v) is 9.68. The number of para-hydroxylation sites is 1. The predicted molar refractivity (Wildman–Crippen MR) is 116 cm³/mol. The molecular formula is C23H22N6O. The molecule has 1 amide bonds. The van der Waals surface area contributed by atoms with Gasteiger partial charge in [0.05, 0.1) is 0 Å². The highest BCUT2D eigenvalue weighted by Gasteiger charge is 2.13. The summed E-state index contributed by atoms with van der Waals surface area (Å²) >= 11 is 0. The molecule has 7 nitrogen and oxygen atoms in total. The monoisotopic (exact) mass is 398 g/mol. The second-order valence-electron chi connectivity index (χ2n) is 6.84. The Morgan fingerprint density at radius 2 is 1.73 bits per heavy atom. The summed E-state index contributed by atoms with van der Waals surface area (Å²) in [6, 6.07) is 17.4. The molecule has 0 bridgehead atoms. The van der Waals surface area contributed by atoms with Crippen molar-refractivity contribution in [3.8, 4) is 11.1 Å². The number of rotatable bonds is 7. The Balaban J connectivity index is 1.39. The normalized spacial score (nSPS) is 10.6. The number of anilines is 2. The van der Waals surface area contributed by atoms with Crippen molar-refractivity contribution in [2.24, 2.45) is 7.05 Å². The summed E-state index contributed by atoms with van der Waals surface area (Å²) in [4.78, 5) is 25.6. The van der Waals surface area contributed by atoms with Crippen LogP contribution in [-0.4, -0.2) is 32.0 Å². The van der Waals surface area contributed by atoms with Gasteiger partial charge < -0.3 is 15.2 Å². The zero-order valence-corrected chi connectivity index (χ0v) is 16.6. The quantitative estimate of drug-likeness (QED) is 0.497. The predicted octanol–water partition coefficient (Wildman–Crippen LogP) is 3.59. The van der Waals surface area contributed by atoms with E-state index in [0.29, 0.717) is 24.6 Å². The lowest BCUT2D eigenvalue weighted by Gasteiger charge is -2.05. The molecule has 2 N–H and O–H groups in total. The zero-order chi connectivity index (χ0) is 20.8. The second-order valence-corrected chi connectivity index (χ2v) is 6.84. The van der Waals surface area contributed by atoms with Crippen molar-refractivity contribution in [1.29, 1.82) is 0 Å². The third kappa shape index (κ3) is 4.70. The molecule has 150 valence electrons. The Morgan fingerprint density at radius 3 is 2.47 bits per heavy atom. The number of benzene rings is 1. The van der Waals surface area contributed by atoms with Crippen LogP contribution in [-0.2, 0) is 13.5 Å². The fourth-order valence-electron chi connectivity index (χ4n) is 3.08. The molecule has 0 saturated carbocycles. The van der Waals surface area contributed by atoms with Crippen molar-refractivity contribution in [2.45, 2.75) is 6.42 Å². The number of pyridine rings is 1. The van der Waals surface area contributed by atoms with Crippen LogP contribution in [0.15, 0.2) is 79.4 Å². The molecule has 0 atom stereocenters. The molecule has 1 aromatic carbocycles. The highest BCUT2D eigenvalue weighted by molar-refractivity contribution is 5.94. The maximum Gasteiger partial charge on any atom is 0.267 e. The van der Waals surface area contributed by atoms with E-state index in [4.69, 9.17) is 0 Å². The number of aromatic nitrogens is 4. The average Bonchev–Trinajstić information content (AvgIpc) is 3.17. The van der Waals surface area contributed by atoms with Gasteiger partial charge in [0.25, 0.3) is 5.91 Å². The van der Waals surface area contributed by atoms with Crippen LogP contribution < -0.4 is 10.6 Å². The van der Waals surface area contributed by atoms with Crippen molar-refractivity contribution in [3.63, 3.8) is 0 Å². The van der Waals surface area contributed by atoms with Crippen LogP contribution in [0.5, 0.6) is 0 Å². The van der Waals surface area contributed by atoms with Crippen molar-refractivity contribution in [1.82, 2.24) is 24.8 Å². The summed E-state index contributed by atoms with van der Waals surface area (Å²) in [6.07, 6.45) is 7.83. The molecule has 3 heterocycles. The van der Waals surface area contributed by atoms with Gasteiger partial charge >= 0.3 is 0 Å². The van der Waals surface area contributed by atoms with Gasteiger partial charge in [-0.15, -0.1) is 0 Å². The molecule has 0 radical (unpaired) electrons. The highest BCUT2D eigenvalue weighted by Crippen LogP contribution is 2.22. The summed E-state index contributed by atoms with van der Waals surface area (Å²) in [7, 11) is 1.85. The molecule has 0 spiro atoms. The van der Waals surface area contributed by atoms with E-state index in [9.17, 15) is 4.79 Å². The molecule has 0 aliphatic heterocycles. The fraction of sp³-hybridized carbons (Fsp3) is 0.130. The van der Waals surface area contributed by atoms with Crippen LogP contribution in [0.1, 0.15) is 16.2 Å². The van der Waals surface area contributed by atoms with E-state index in [-0.39, 0.29) is 5.91 Å². The number of nitrogens with one attached hydrogen (secondary N) is 2. The van der Waals surface area contributed by atoms with E-state index in [1.165, 1.54) is 0 Å². The van der Waals surface area contributed by atoms with Crippen LogP contribution in [0, 0.1) is 0 Å². The minimum Gasteiger partial charge on any atom is -0.350 e. The Hall–Kier alpha value is -4.00. The largest absolute Gasteiger partial charge is 0.350 e. The van der Waals surface area contributed by atoms with Crippen molar-refractivity contribution in [3.05, 3.63) is 90.8 Å². The summed E-state index contributed by atoms with van der Waals surface area (Å²) in [6.45, 7) is 0.527.